The Morgan fingerprint density at radius 3 is 2.06 bits per heavy atom. The van der Waals surface area contributed by atoms with Crippen LogP contribution < -0.4 is 15.5 Å². The molecule has 5 saturated carbocycles. The number of esters is 1. The second-order valence-corrected chi connectivity index (χ2v) is 24.4. The van der Waals surface area contributed by atoms with Crippen molar-refractivity contribution in [1.29, 1.82) is 0 Å². The molecule has 3 N–H and O–H groups in total. The zero-order chi connectivity index (χ0) is 46.7. The quantitative estimate of drug-likeness (QED) is 0.208. The van der Waals surface area contributed by atoms with Crippen LogP contribution in [0.25, 0.3) is 0 Å². The summed E-state index contributed by atoms with van der Waals surface area (Å²) in [5, 5.41) is 16.2. The van der Waals surface area contributed by atoms with Crippen LogP contribution in [0.4, 0.5) is 5.69 Å². The average molecular weight is 883 g/mol. The number of carboxylic acid groups (broad SMARTS) is 1. The van der Waals surface area contributed by atoms with Crippen molar-refractivity contribution >= 4 is 35.2 Å². The highest BCUT2D eigenvalue weighted by molar-refractivity contribution is 6.03. The summed E-state index contributed by atoms with van der Waals surface area (Å²) in [4.78, 5) is 72.8. The monoisotopic (exact) mass is 883 g/mol. The summed E-state index contributed by atoms with van der Waals surface area (Å²) in [7, 11) is 2.13. The lowest BCUT2D eigenvalue weighted by Gasteiger charge is -2.72. The fraction of sp³-hybridized carbons (Fsp3) is 0.755. The van der Waals surface area contributed by atoms with Crippen LogP contribution in [0.3, 0.4) is 0 Å². The average Bonchev–Trinajstić information content (AvgIpc) is 3.50. The molecule has 6 aliphatic carbocycles. The number of Topliss-reactive ketones (excluding diaryl/α,β-unsaturated/α-hetero) is 1. The van der Waals surface area contributed by atoms with Crippen LogP contribution in [-0.2, 0) is 23.9 Å². The predicted molar refractivity (Wildman–Crippen MR) is 248 cm³/mol. The molecular weight excluding hydrogens is 805 g/mol. The molecule has 11 nitrogen and oxygen atoms in total. The van der Waals surface area contributed by atoms with E-state index in [1.165, 1.54) is 0 Å². The Balaban J connectivity index is 0.999. The number of carbonyl (C=O) groups excluding carboxylic acids is 4. The van der Waals surface area contributed by atoms with Gasteiger partial charge in [-0.1, -0.05) is 62.3 Å². The Hall–Kier alpha value is -3.73. The zero-order valence-corrected chi connectivity index (χ0v) is 41.0. The molecule has 64 heavy (non-hydrogen) atoms. The number of carboxylic acids is 1. The Kier molecular flexibility index (Phi) is 11.5. The summed E-state index contributed by atoms with van der Waals surface area (Å²) < 4.78 is 6.43. The Morgan fingerprint density at radius 2 is 1.45 bits per heavy atom. The molecule has 11 heteroatoms. The van der Waals surface area contributed by atoms with E-state index >= 15 is 0 Å². The van der Waals surface area contributed by atoms with Crippen molar-refractivity contribution < 1.29 is 33.8 Å². The molecule has 1 aromatic carbocycles. The minimum Gasteiger partial charge on any atom is -0.481 e. The molecule has 0 bridgehead atoms. The van der Waals surface area contributed by atoms with E-state index in [0.717, 1.165) is 88.0 Å². The maximum absolute atomic E-state index is 14.6. The van der Waals surface area contributed by atoms with Crippen LogP contribution in [0.5, 0.6) is 0 Å². The highest BCUT2D eigenvalue weighted by Crippen LogP contribution is 2.76. The van der Waals surface area contributed by atoms with Gasteiger partial charge in [0.1, 0.15) is 11.6 Å². The number of piperazine rings is 1. The van der Waals surface area contributed by atoms with Crippen LogP contribution >= 0.6 is 0 Å². The van der Waals surface area contributed by atoms with Crippen LogP contribution in [0.1, 0.15) is 151 Å². The molecule has 8 rings (SSSR count). The number of hydrogen-bond acceptors (Lipinski definition) is 8. The van der Waals surface area contributed by atoms with E-state index in [-0.39, 0.29) is 69.6 Å². The second-order valence-electron chi connectivity index (χ2n) is 24.4. The molecule has 0 unspecified atom stereocenters. The van der Waals surface area contributed by atoms with Crippen molar-refractivity contribution in [3.05, 3.63) is 41.0 Å². The van der Waals surface area contributed by atoms with Gasteiger partial charge >= 0.3 is 11.9 Å². The van der Waals surface area contributed by atoms with Crippen molar-refractivity contribution in [2.45, 2.75) is 158 Å². The number of aliphatic carboxylic acids is 1. The number of anilines is 1. The molecule has 2 amide bonds. The first-order chi connectivity index (χ1) is 29.7. The fourth-order valence-corrected chi connectivity index (χ4v) is 15.6. The van der Waals surface area contributed by atoms with Crippen LogP contribution in [0, 0.1) is 62.6 Å². The molecule has 0 aromatic heterocycles. The lowest BCUT2D eigenvalue weighted by Crippen LogP contribution is -2.68. The van der Waals surface area contributed by atoms with E-state index in [1.54, 1.807) is 13.8 Å². The minimum atomic E-state index is -1.23. The molecule has 0 radical (unpaired) electrons. The van der Waals surface area contributed by atoms with Crippen molar-refractivity contribution in [1.82, 2.24) is 15.5 Å². The SMILES string of the molecule is CC(C)C1=C2[C@H]3CC[C@@H]4[C@@]5(C)CC[C@H](OC(=O)[C@H]6C[C@@H](C(=O)O)C6(C)C)C(C)(C)[C@@H]5CC[C@@]4(C)[C@]3(C)CC[C@@]2(NC(=O)C(C)(C)NC(=O)c2ccc(N3CCN(C)CC3)cc2)CC1=O. The smallest absolute Gasteiger partial charge is 0.309 e. The van der Waals surface area contributed by atoms with Crippen LogP contribution in [-0.4, -0.2) is 90.0 Å². The van der Waals surface area contributed by atoms with Gasteiger partial charge in [0.2, 0.25) is 5.91 Å². The third-order valence-electron chi connectivity index (χ3n) is 19.8. The first-order valence-corrected chi connectivity index (χ1v) is 24.6. The number of carbonyl (C=O) groups is 5. The third kappa shape index (κ3) is 7.08. The molecule has 7 aliphatic rings. The van der Waals surface area contributed by atoms with E-state index < -0.39 is 34.3 Å². The van der Waals surface area contributed by atoms with E-state index in [9.17, 15) is 29.1 Å². The summed E-state index contributed by atoms with van der Waals surface area (Å²) in [6.07, 6.45) is 7.71. The molecule has 1 heterocycles. The van der Waals surface area contributed by atoms with E-state index in [0.29, 0.717) is 30.2 Å². The number of likely N-dealkylation sites (N-methyl/N-ethyl adjacent to an activating group) is 1. The normalized spacial score (nSPS) is 38.0. The Bertz CT molecular complexity index is 2120. The van der Waals surface area contributed by atoms with Gasteiger partial charge in [0.05, 0.1) is 17.4 Å². The Morgan fingerprint density at radius 1 is 0.797 bits per heavy atom. The number of nitrogens with one attached hydrogen (secondary N) is 2. The number of allylic oxidation sites excluding steroid dienone is 1. The summed E-state index contributed by atoms with van der Waals surface area (Å²) in [6, 6.07) is 7.65. The first-order valence-electron chi connectivity index (χ1n) is 24.6. The molecule has 0 spiro atoms. The van der Waals surface area contributed by atoms with Gasteiger partial charge in [0.15, 0.2) is 5.78 Å². The highest BCUT2D eigenvalue weighted by atomic mass is 16.5. The maximum atomic E-state index is 14.6. The fourth-order valence-electron chi connectivity index (χ4n) is 15.6. The molecule has 1 aromatic rings. The van der Waals surface area contributed by atoms with Crippen LogP contribution in [0.2, 0.25) is 0 Å². The molecule has 1 saturated heterocycles. The molecule has 6 fully saturated rings. The largest absolute Gasteiger partial charge is 0.481 e. The van der Waals surface area contributed by atoms with Gasteiger partial charge < -0.3 is 30.3 Å². The van der Waals surface area contributed by atoms with Gasteiger partial charge in [0.25, 0.3) is 5.91 Å². The van der Waals surface area contributed by atoms with Gasteiger partial charge in [-0.25, -0.2) is 0 Å². The first kappa shape index (κ1) is 46.8. The number of amides is 2. The summed E-state index contributed by atoms with van der Waals surface area (Å²) in [5.74, 6) is -1.53. The van der Waals surface area contributed by atoms with Crippen molar-refractivity contribution in [2.24, 2.45) is 62.6 Å². The van der Waals surface area contributed by atoms with Crippen molar-refractivity contribution in [3.63, 3.8) is 0 Å². The molecule has 1 aliphatic heterocycles. The van der Waals surface area contributed by atoms with Crippen LogP contribution in [0.15, 0.2) is 35.4 Å². The number of fused-ring (bicyclic) bond motifs is 7. The second kappa shape index (κ2) is 15.7. The summed E-state index contributed by atoms with van der Waals surface area (Å²) in [6.45, 7) is 27.5. The lowest BCUT2D eigenvalue weighted by atomic mass is 9.33. The van der Waals surface area contributed by atoms with Gasteiger partial charge in [-0.05, 0) is 159 Å². The Labute approximate surface area is 382 Å². The summed E-state index contributed by atoms with van der Waals surface area (Å²) in [5.41, 5.74) is 0.624. The van der Waals surface area contributed by atoms with Crippen molar-refractivity contribution in [2.75, 3.05) is 38.1 Å². The minimum absolute atomic E-state index is 0.0169. The number of hydrogen-bond donors (Lipinski definition) is 3. The van der Waals surface area contributed by atoms with E-state index in [1.807, 2.05) is 38.1 Å². The topological polar surface area (TPSA) is 145 Å². The van der Waals surface area contributed by atoms with Gasteiger partial charge in [-0.3, -0.25) is 24.0 Å². The highest BCUT2D eigenvalue weighted by Gasteiger charge is 2.71. The maximum Gasteiger partial charge on any atom is 0.309 e. The van der Waals surface area contributed by atoms with Gasteiger partial charge in [-0.2, -0.15) is 0 Å². The third-order valence-corrected chi connectivity index (χ3v) is 19.8. The molecular formula is C53H78N4O7. The number of ether oxygens (including phenoxy) is 1. The van der Waals surface area contributed by atoms with Crippen molar-refractivity contribution in [3.8, 4) is 0 Å². The van der Waals surface area contributed by atoms with E-state index in [4.69, 9.17) is 4.74 Å². The van der Waals surface area contributed by atoms with Gasteiger partial charge in [0, 0.05) is 49.3 Å². The zero-order valence-electron chi connectivity index (χ0n) is 41.0. The van der Waals surface area contributed by atoms with E-state index in [2.05, 4.69) is 75.9 Å². The predicted octanol–water partition coefficient (Wildman–Crippen LogP) is 8.45. The number of rotatable bonds is 9. The summed E-state index contributed by atoms with van der Waals surface area (Å²) >= 11 is 0. The number of nitrogens with zero attached hydrogens (tertiary/aromatic N) is 2. The molecule has 352 valence electrons. The number of benzene rings is 1. The number of ketones is 1. The van der Waals surface area contributed by atoms with Gasteiger partial charge in [-0.15, -0.1) is 0 Å². The molecule has 10 atom stereocenters. The standard InChI is InChI=1S/C53H78N4O7/c1-31(2)41-37(58)30-53(55-46(63)49(7,8)54-43(59)32-13-15-33(16-14-32)57-27-25-56(12)26-28-57)24-23-51(10)34(42(41)53)17-18-39-50(9)21-20-40(48(5,6)38(50)19-22-52(39,51)11)64-45(62)36-29-35(44(60)61)47(36,3)4/h13-16,31,34-36,38-40H,17-30H2,1-12H3,(H,54,59)(H,55,63)(H,60,61)/t34-,35+,36-,38+,39-,40+,50+,51-,52-,53-/m1/s1. The lowest BCUT2D eigenvalue weighted by molar-refractivity contribution is -0.235.